The SMILES string of the molecule is CCCCCCCCCc1ccc(OCCOCCOCCOCCOCCOCCOCCC(=O)[O-])cc1.[Na+]. The fourth-order valence-electron chi connectivity index (χ4n) is 3.61. The van der Waals surface area contributed by atoms with E-state index in [2.05, 4.69) is 19.1 Å². The van der Waals surface area contributed by atoms with Gasteiger partial charge in [-0.25, -0.2) is 0 Å². The predicted molar refractivity (Wildman–Crippen MR) is 148 cm³/mol. The number of carboxylic acid groups (broad SMARTS) is 1. The third-order valence-corrected chi connectivity index (χ3v) is 5.80. The van der Waals surface area contributed by atoms with E-state index in [0.29, 0.717) is 79.3 Å². The van der Waals surface area contributed by atoms with Crippen molar-refractivity contribution in [3.63, 3.8) is 0 Å². The van der Waals surface area contributed by atoms with Crippen molar-refractivity contribution in [1.29, 1.82) is 0 Å². The summed E-state index contributed by atoms with van der Waals surface area (Å²) in [6.07, 6.45) is 10.4. The monoisotopic (exact) mass is 578 g/mol. The summed E-state index contributed by atoms with van der Waals surface area (Å²) in [6.45, 7) is 8.11. The summed E-state index contributed by atoms with van der Waals surface area (Å²) in [6, 6.07) is 8.41. The number of hydrogen-bond donors (Lipinski definition) is 0. The zero-order chi connectivity index (χ0) is 28.1. The van der Waals surface area contributed by atoms with Crippen LogP contribution in [0.1, 0.15) is 63.9 Å². The van der Waals surface area contributed by atoms with E-state index < -0.39 is 5.97 Å². The van der Waals surface area contributed by atoms with Crippen molar-refractivity contribution in [1.82, 2.24) is 0 Å². The zero-order valence-electron chi connectivity index (χ0n) is 25.0. The van der Waals surface area contributed by atoms with Gasteiger partial charge in [0.1, 0.15) is 12.4 Å². The van der Waals surface area contributed by atoms with Crippen molar-refractivity contribution < 1.29 is 72.6 Å². The van der Waals surface area contributed by atoms with Gasteiger partial charge in [-0.2, -0.15) is 0 Å². The molecule has 0 saturated heterocycles. The van der Waals surface area contributed by atoms with Crippen molar-refractivity contribution in [3.05, 3.63) is 29.8 Å². The molecule has 0 aliphatic heterocycles. The van der Waals surface area contributed by atoms with Gasteiger partial charge in [0, 0.05) is 12.4 Å². The fraction of sp³-hybridized carbons (Fsp3) is 0.767. The van der Waals surface area contributed by atoms with E-state index in [0.717, 1.165) is 12.2 Å². The second-order valence-corrected chi connectivity index (χ2v) is 9.16. The maximum Gasteiger partial charge on any atom is 1.00 e. The first-order valence-electron chi connectivity index (χ1n) is 14.6. The van der Waals surface area contributed by atoms with Crippen LogP contribution in [0.25, 0.3) is 0 Å². The van der Waals surface area contributed by atoms with Gasteiger partial charge in [-0.1, -0.05) is 57.6 Å². The second-order valence-electron chi connectivity index (χ2n) is 9.16. The largest absolute Gasteiger partial charge is 1.00 e. The number of aryl methyl sites for hydroxylation is 1. The van der Waals surface area contributed by atoms with E-state index in [9.17, 15) is 9.90 Å². The molecular weight excluding hydrogens is 527 g/mol. The molecule has 0 fully saturated rings. The van der Waals surface area contributed by atoms with Gasteiger partial charge in [0.15, 0.2) is 0 Å². The van der Waals surface area contributed by atoms with Gasteiger partial charge in [-0.05, 0) is 30.5 Å². The number of rotatable bonds is 30. The Balaban J connectivity index is 0.0000152. The molecule has 1 rings (SSSR count). The molecule has 0 aliphatic carbocycles. The molecule has 0 aliphatic rings. The maximum absolute atomic E-state index is 10.2. The van der Waals surface area contributed by atoms with Crippen LogP contribution in [-0.4, -0.2) is 91.9 Å². The summed E-state index contributed by atoms with van der Waals surface area (Å²) in [7, 11) is 0. The van der Waals surface area contributed by atoms with Gasteiger partial charge < -0.3 is 43.1 Å². The van der Waals surface area contributed by atoms with Crippen molar-refractivity contribution in [2.45, 2.75) is 64.7 Å². The first-order chi connectivity index (χ1) is 19.2. The van der Waals surface area contributed by atoms with Crippen LogP contribution in [0.2, 0.25) is 0 Å². The van der Waals surface area contributed by atoms with Crippen LogP contribution in [0, 0.1) is 0 Å². The molecule has 0 amide bonds. The Kier molecular flexibility index (Phi) is 30.6. The van der Waals surface area contributed by atoms with E-state index in [4.69, 9.17) is 33.2 Å². The molecule has 0 heterocycles. The Morgan fingerprint density at radius 1 is 0.575 bits per heavy atom. The van der Waals surface area contributed by atoms with Gasteiger partial charge in [0.2, 0.25) is 0 Å². The van der Waals surface area contributed by atoms with Crippen LogP contribution in [-0.2, 0) is 39.6 Å². The second kappa shape index (κ2) is 31.2. The molecule has 0 N–H and O–H groups in total. The normalized spacial score (nSPS) is 10.9. The van der Waals surface area contributed by atoms with Gasteiger partial charge in [-0.15, -0.1) is 0 Å². The third kappa shape index (κ3) is 27.4. The Bertz CT molecular complexity index is 661. The summed E-state index contributed by atoms with van der Waals surface area (Å²) in [5, 5.41) is 10.2. The standard InChI is InChI=1S/C30H52O9.Na/c1-2-3-4-5-6-7-8-9-28-10-12-29(13-11-28)39-27-26-38-25-24-37-23-22-36-21-20-35-19-18-34-17-16-33-15-14-30(31)32;/h10-13H,2-9,14-27H2,1H3,(H,31,32);/q;+1/p-1. The summed E-state index contributed by atoms with van der Waals surface area (Å²) < 4.78 is 38.0. The summed E-state index contributed by atoms with van der Waals surface area (Å²) in [5.74, 6) is -0.237. The summed E-state index contributed by atoms with van der Waals surface area (Å²) in [5.41, 5.74) is 1.37. The Morgan fingerprint density at radius 3 is 1.43 bits per heavy atom. The van der Waals surface area contributed by atoms with Gasteiger partial charge in [0.25, 0.3) is 0 Å². The fourth-order valence-corrected chi connectivity index (χ4v) is 3.61. The smallest absolute Gasteiger partial charge is 0.550 e. The molecule has 10 heteroatoms. The van der Waals surface area contributed by atoms with E-state index in [1.165, 1.54) is 50.5 Å². The summed E-state index contributed by atoms with van der Waals surface area (Å²) in [4.78, 5) is 10.2. The van der Waals surface area contributed by atoms with Crippen molar-refractivity contribution in [2.24, 2.45) is 0 Å². The molecule has 0 radical (unpaired) electrons. The zero-order valence-corrected chi connectivity index (χ0v) is 27.0. The molecule has 9 nitrogen and oxygen atoms in total. The first-order valence-corrected chi connectivity index (χ1v) is 14.6. The maximum atomic E-state index is 10.2. The third-order valence-electron chi connectivity index (χ3n) is 5.80. The molecular formula is C30H51NaO9. The Hall–Kier alpha value is -0.750. The number of hydrogen-bond acceptors (Lipinski definition) is 9. The number of aliphatic carboxylic acids is 1. The number of carbonyl (C=O) groups is 1. The van der Waals surface area contributed by atoms with Gasteiger partial charge in [-0.3, -0.25) is 0 Å². The first kappa shape index (κ1) is 39.2. The average molecular weight is 579 g/mol. The van der Waals surface area contributed by atoms with Gasteiger partial charge >= 0.3 is 29.6 Å². The molecule has 226 valence electrons. The number of carbonyl (C=O) groups excluding carboxylic acids is 1. The van der Waals surface area contributed by atoms with E-state index in [-0.39, 0.29) is 42.6 Å². The van der Waals surface area contributed by atoms with Crippen LogP contribution >= 0.6 is 0 Å². The molecule has 0 unspecified atom stereocenters. The number of carboxylic acids is 1. The van der Waals surface area contributed by atoms with E-state index in [1.54, 1.807) is 0 Å². The number of unbranched alkanes of at least 4 members (excludes halogenated alkanes) is 6. The Morgan fingerprint density at radius 2 is 0.975 bits per heavy atom. The quantitative estimate of drug-likeness (QED) is 0.0959. The van der Waals surface area contributed by atoms with Crippen LogP contribution in [0.4, 0.5) is 0 Å². The van der Waals surface area contributed by atoms with Crippen LogP contribution in [0.5, 0.6) is 5.75 Å². The van der Waals surface area contributed by atoms with Crippen LogP contribution in [0.3, 0.4) is 0 Å². The minimum Gasteiger partial charge on any atom is -0.550 e. The molecule has 0 bridgehead atoms. The molecule has 0 atom stereocenters. The molecule has 0 spiro atoms. The summed E-state index contributed by atoms with van der Waals surface area (Å²) >= 11 is 0. The van der Waals surface area contributed by atoms with E-state index in [1.807, 2.05) is 12.1 Å². The average Bonchev–Trinajstić information content (AvgIpc) is 2.94. The van der Waals surface area contributed by atoms with E-state index >= 15 is 0 Å². The van der Waals surface area contributed by atoms with Crippen molar-refractivity contribution >= 4 is 5.97 Å². The van der Waals surface area contributed by atoms with Crippen molar-refractivity contribution in [2.75, 3.05) is 85.9 Å². The number of benzene rings is 1. The predicted octanol–water partition coefficient (Wildman–Crippen LogP) is 0.602. The Labute approximate surface area is 263 Å². The molecule has 0 aromatic heterocycles. The molecule has 1 aromatic carbocycles. The minimum absolute atomic E-state index is 0. The van der Waals surface area contributed by atoms with Gasteiger partial charge in [0.05, 0.1) is 79.3 Å². The minimum atomic E-state index is -1.12. The van der Waals surface area contributed by atoms with Crippen LogP contribution < -0.4 is 39.4 Å². The molecule has 0 saturated carbocycles. The molecule has 40 heavy (non-hydrogen) atoms. The number of ether oxygens (including phenoxy) is 7. The molecule has 1 aromatic rings. The van der Waals surface area contributed by atoms with Crippen LogP contribution in [0.15, 0.2) is 24.3 Å². The topological polar surface area (TPSA) is 105 Å². The van der Waals surface area contributed by atoms with Crippen molar-refractivity contribution in [3.8, 4) is 5.75 Å².